The van der Waals surface area contributed by atoms with Gasteiger partial charge in [0.15, 0.2) is 5.13 Å². The van der Waals surface area contributed by atoms with Crippen molar-refractivity contribution in [1.29, 1.82) is 0 Å². The molecule has 0 spiro atoms. The maximum absolute atomic E-state index is 12.2. The fourth-order valence-electron chi connectivity index (χ4n) is 2.35. The lowest BCUT2D eigenvalue weighted by Crippen LogP contribution is -2.14. The van der Waals surface area contributed by atoms with Crippen molar-refractivity contribution in [3.05, 3.63) is 59.4 Å². The lowest BCUT2D eigenvalue weighted by Gasteiger charge is -2.12. The Kier molecular flexibility index (Phi) is 6.53. The molecule has 8 heteroatoms. The SMILES string of the molecule is CC(C)(C)c1cnc(CSc2cnc(NC(=O)Cc3ccc(CO)cc3)s2)o1. The van der Waals surface area contributed by atoms with Gasteiger partial charge in [0.25, 0.3) is 0 Å². The molecule has 28 heavy (non-hydrogen) atoms. The monoisotopic (exact) mass is 417 g/mol. The molecular formula is C20H23N3O3S2. The molecule has 0 saturated carbocycles. The van der Waals surface area contributed by atoms with E-state index in [0.717, 1.165) is 21.1 Å². The number of aromatic nitrogens is 2. The number of amides is 1. The molecular weight excluding hydrogens is 394 g/mol. The Bertz CT molecular complexity index is 927. The lowest BCUT2D eigenvalue weighted by atomic mass is 9.94. The molecule has 0 atom stereocenters. The number of thiazole rings is 1. The van der Waals surface area contributed by atoms with E-state index in [4.69, 9.17) is 9.52 Å². The molecule has 2 heterocycles. The van der Waals surface area contributed by atoms with Gasteiger partial charge in [0, 0.05) is 5.41 Å². The maximum atomic E-state index is 12.2. The summed E-state index contributed by atoms with van der Waals surface area (Å²) in [7, 11) is 0. The normalized spacial score (nSPS) is 11.6. The third-order valence-corrected chi connectivity index (χ3v) is 6.02. The number of nitrogens with one attached hydrogen (secondary N) is 1. The highest BCUT2D eigenvalue weighted by atomic mass is 32.2. The summed E-state index contributed by atoms with van der Waals surface area (Å²) in [5.74, 6) is 2.04. The van der Waals surface area contributed by atoms with E-state index in [-0.39, 0.29) is 24.3 Å². The summed E-state index contributed by atoms with van der Waals surface area (Å²) >= 11 is 3.01. The molecule has 0 aliphatic rings. The zero-order valence-electron chi connectivity index (χ0n) is 16.1. The third-order valence-electron chi connectivity index (χ3n) is 3.93. The van der Waals surface area contributed by atoms with Crippen LogP contribution < -0.4 is 5.32 Å². The van der Waals surface area contributed by atoms with Crippen molar-refractivity contribution in [2.24, 2.45) is 0 Å². The van der Waals surface area contributed by atoms with Crippen molar-refractivity contribution in [2.45, 2.75) is 49.2 Å². The molecule has 0 radical (unpaired) electrons. The number of rotatable bonds is 7. The summed E-state index contributed by atoms with van der Waals surface area (Å²) in [5, 5.41) is 12.5. The minimum atomic E-state index is -0.120. The van der Waals surface area contributed by atoms with Gasteiger partial charge in [-0.05, 0) is 11.1 Å². The Morgan fingerprint density at radius 2 is 1.89 bits per heavy atom. The van der Waals surface area contributed by atoms with Crippen LogP contribution >= 0.6 is 23.1 Å². The molecule has 0 fully saturated rings. The van der Waals surface area contributed by atoms with Crippen LogP contribution in [-0.2, 0) is 29.0 Å². The number of benzene rings is 1. The van der Waals surface area contributed by atoms with Crippen LogP contribution in [0.4, 0.5) is 5.13 Å². The number of thioether (sulfide) groups is 1. The first-order valence-corrected chi connectivity index (χ1v) is 10.7. The van der Waals surface area contributed by atoms with Gasteiger partial charge in [0.2, 0.25) is 11.8 Å². The summed E-state index contributed by atoms with van der Waals surface area (Å²) in [6, 6.07) is 7.32. The number of hydrogen-bond donors (Lipinski definition) is 2. The molecule has 1 aromatic carbocycles. The first-order valence-electron chi connectivity index (χ1n) is 8.86. The van der Waals surface area contributed by atoms with Crippen LogP contribution in [0.5, 0.6) is 0 Å². The van der Waals surface area contributed by atoms with Crippen molar-refractivity contribution < 1.29 is 14.3 Å². The zero-order chi connectivity index (χ0) is 20.1. The number of anilines is 1. The van der Waals surface area contributed by atoms with Crippen LogP contribution in [0.1, 0.15) is 43.5 Å². The fourth-order valence-corrected chi connectivity index (χ4v) is 4.09. The van der Waals surface area contributed by atoms with E-state index in [1.165, 1.54) is 11.3 Å². The Morgan fingerprint density at radius 3 is 2.54 bits per heavy atom. The summed E-state index contributed by atoms with van der Waals surface area (Å²) in [6.07, 6.45) is 3.79. The van der Waals surface area contributed by atoms with Gasteiger partial charge in [0.1, 0.15) is 5.76 Å². The van der Waals surface area contributed by atoms with E-state index in [2.05, 4.69) is 36.1 Å². The Balaban J connectivity index is 1.50. The van der Waals surface area contributed by atoms with Crippen molar-refractivity contribution in [1.82, 2.24) is 9.97 Å². The van der Waals surface area contributed by atoms with Crippen molar-refractivity contribution in [3.8, 4) is 0 Å². The molecule has 0 aliphatic heterocycles. The second-order valence-electron chi connectivity index (χ2n) is 7.34. The second kappa shape index (κ2) is 8.89. The molecule has 3 rings (SSSR count). The van der Waals surface area contributed by atoms with E-state index in [9.17, 15) is 4.79 Å². The van der Waals surface area contributed by atoms with Gasteiger partial charge in [-0.3, -0.25) is 4.79 Å². The number of aliphatic hydroxyl groups excluding tert-OH is 1. The van der Waals surface area contributed by atoms with Gasteiger partial charge < -0.3 is 14.8 Å². The van der Waals surface area contributed by atoms with E-state index in [1.807, 2.05) is 24.3 Å². The third kappa shape index (κ3) is 5.67. The molecule has 3 aromatic rings. The van der Waals surface area contributed by atoms with Gasteiger partial charge in [-0.2, -0.15) is 0 Å². The largest absolute Gasteiger partial charge is 0.444 e. The zero-order valence-corrected chi connectivity index (χ0v) is 17.7. The van der Waals surface area contributed by atoms with E-state index >= 15 is 0 Å². The molecule has 1 amide bonds. The second-order valence-corrected chi connectivity index (χ2v) is 9.65. The Labute approximate surface area is 172 Å². The van der Waals surface area contributed by atoms with E-state index in [0.29, 0.717) is 16.8 Å². The van der Waals surface area contributed by atoms with Gasteiger partial charge in [-0.25, -0.2) is 9.97 Å². The molecule has 148 valence electrons. The fraction of sp³-hybridized carbons (Fsp3) is 0.350. The van der Waals surface area contributed by atoms with E-state index in [1.54, 1.807) is 24.2 Å². The number of oxazole rings is 1. The topological polar surface area (TPSA) is 88.2 Å². The average Bonchev–Trinajstić information content (AvgIpc) is 3.29. The summed E-state index contributed by atoms with van der Waals surface area (Å²) in [5.41, 5.74) is 1.65. The van der Waals surface area contributed by atoms with Gasteiger partial charge >= 0.3 is 0 Å². The number of nitrogens with zero attached hydrogens (tertiary/aromatic N) is 2. The van der Waals surface area contributed by atoms with Crippen molar-refractivity contribution >= 4 is 34.1 Å². The average molecular weight is 418 g/mol. The number of aliphatic hydroxyl groups is 1. The first-order chi connectivity index (χ1) is 13.3. The van der Waals surface area contributed by atoms with Crippen LogP contribution in [0.3, 0.4) is 0 Å². The molecule has 0 aliphatic carbocycles. The summed E-state index contributed by atoms with van der Waals surface area (Å²) in [6.45, 7) is 6.26. The van der Waals surface area contributed by atoms with Crippen molar-refractivity contribution in [2.75, 3.05) is 5.32 Å². The Hall–Kier alpha value is -2.16. The first kappa shape index (κ1) is 20.6. The van der Waals surface area contributed by atoms with E-state index < -0.39 is 0 Å². The van der Waals surface area contributed by atoms with Gasteiger partial charge in [-0.1, -0.05) is 56.4 Å². The minimum Gasteiger partial charge on any atom is -0.444 e. The molecule has 0 bridgehead atoms. The molecule has 6 nitrogen and oxygen atoms in total. The number of carbonyl (C=O) groups is 1. The highest BCUT2D eigenvalue weighted by molar-refractivity contribution is 8.00. The maximum Gasteiger partial charge on any atom is 0.230 e. The highest BCUT2D eigenvalue weighted by Gasteiger charge is 2.19. The predicted molar refractivity (Wildman–Crippen MR) is 112 cm³/mol. The smallest absolute Gasteiger partial charge is 0.230 e. The predicted octanol–water partition coefficient (Wildman–Crippen LogP) is 4.39. The van der Waals surface area contributed by atoms with Crippen LogP contribution in [0.25, 0.3) is 0 Å². The molecule has 0 saturated heterocycles. The molecule has 2 aromatic heterocycles. The van der Waals surface area contributed by atoms with Crippen LogP contribution in [0.2, 0.25) is 0 Å². The molecule has 0 unspecified atom stereocenters. The van der Waals surface area contributed by atoms with Crippen LogP contribution in [0.15, 0.2) is 45.3 Å². The number of hydrogen-bond acceptors (Lipinski definition) is 7. The Morgan fingerprint density at radius 1 is 1.18 bits per heavy atom. The standard InChI is InChI=1S/C20H23N3O3S2/c1-20(2,3)15-9-21-17(26-15)12-27-18-10-22-19(28-18)23-16(25)8-13-4-6-14(11-24)7-5-13/h4-7,9-10,24H,8,11-12H2,1-3H3,(H,22,23,25). The quantitative estimate of drug-likeness (QED) is 0.554. The van der Waals surface area contributed by atoms with Crippen LogP contribution in [0, 0.1) is 0 Å². The molecule has 2 N–H and O–H groups in total. The lowest BCUT2D eigenvalue weighted by molar-refractivity contribution is -0.115. The van der Waals surface area contributed by atoms with Crippen molar-refractivity contribution in [3.63, 3.8) is 0 Å². The highest BCUT2D eigenvalue weighted by Crippen LogP contribution is 2.31. The number of carbonyl (C=O) groups excluding carboxylic acids is 1. The summed E-state index contributed by atoms with van der Waals surface area (Å²) in [4.78, 5) is 20.8. The summed E-state index contributed by atoms with van der Waals surface area (Å²) < 4.78 is 6.78. The van der Waals surface area contributed by atoms with Gasteiger partial charge in [0.05, 0.1) is 35.4 Å². The van der Waals surface area contributed by atoms with Gasteiger partial charge in [-0.15, -0.1) is 11.8 Å². The van der Waals surface area contributed by atoms with Crippen LogP contribution in [-0.4, -0.2) is 21.0 Å². The minimum absolute atomic E-state index is 0.00290.